The van der Waals surface area contributed by atoms with Gasteiger partial charge >= 0.3 is 5.97 Å². The van der Waals surface area contributed by atoms with E-state index in [9.17, 15) is 9.90 Å². The third kappa shape index (κ3) is 1.82. The van der Waals surface area contributed by atoms with Crippen molar-refractivity contribution in [2.75, 3.05) is 0 Å². The van der Waals surface area contributed by atoms with Crippen molar-refractivity contribution in [1.29, 1.82) is 0 Å². The number of aliphatic hydroxyl groups is 1. The number of rotatable bonds is 3. The molecule has 1 aliphatic rings. The lowest BCUT2D eigenvalue weighted by molar-refractivity contribution is -0.181. The zero-order chi connectivity index (χ0) is 14.2. The SMILES string of the molecule is CCC(c1ccccc1)C1(O)OC(=O)c2ccccc21. The summed E-state index contributed by atoms with van der Waals surface area (Å²) in [4.78, 5) is 12.0. The lowest BCUT2D eigenvalue weighted by Crippen LogP contribution is -2.33. The first-order valence-corrected chi connectivity index (χ1v) is 6.77. The van der Waals surface area contributed by atoms with Crippen LogP contribution in [0.15, 0.2) is 54.6 Å². The summed E-state index contributed by atoms with van der Waals surface area (Å²) < 4.78 is 5.34. The Morgan fingerprint density at radius 1 is 1.10 bits per heavy atom. The molecule has 2 aromatic carbocycles. The minimum absolute atomic E-state index is 0.281. The number of carbonyl (C=O) groups excluding carboxylic acids is 1. The zero-order valence-electron chi connectivity index (χ0n) is 11.2. The van der Waals surface area contributed by atoms with E-state index >= 15 is 0 Å². The number of hydrogen-bond acceptors (Lipinski definition) is 3. The fourth-order valence-electron chi connectivity index (χ4n) is 2.91. The van der Waals surface area contributed by atoms with Crippen LogP contribution in [0, 0.1) is 0 Å². The molecule has 0 fully saturated rings. The number of cyclic esters (lactones) is 1. The summed E-state index contributed by atoms with van der Waals surface area (Å²) in [6, 6.07) is 16.7. The monoisotopic (exact) mass is 268 g/mol. The summed E-state index contributed by atoms with van der Waals surface area (Å²) in [7, 11) is 0. The Morgan fingerprint density at radius 2 is 1.75 bits per heavy atom. The highest BCUT2D eigenvalue weighted by Gasteiger charge is 2.49. The number of esters is 1. The molecule has 3 heteroatoms. The standard InChI is InChI=1S/C17H16O3/c1-2-14(12-8-4-3-5-9-12)17(19)15-11-7-6-10-13(15)16(18)20-17/h3-11,14,19H,2H2,1H3. The molecule has 3 rings (SSSR count). The van der Waals surface area contributed by atoms with Gasteiger partial charge in [0.1, 0.15) is 0 Å². The number of benzene rings is 2. The molecule has 1 aliphatic heterocycles. The molecule has 0 bridgehead atoms. The van der Waals surface area contributed by atoms with Crippen molar-refractivity contribution in [2.24, 2.45) is 0 Å². The molecule has 0 amide bonds. The topological polar surface area (TPSA) is 46.5 Å². The van der Waals surface area contributed by atoms with Gasteiger partial charge in [-0.05, 0) is 18.1 Å². The Morgan fingerprint density at radius 3 is 2.45 bits per heavy atom. The molecule has 0 saturated heterocycles. The van der Waals surface area contributed by atoms with Crippen LogP contribution in [0.3, 0.4) is 0 Å². The molecule has 2 atom stereocenters. The van der Waals surface area contributed by atoms with Crippen LogP contribution in [-0.4, -0.2) is 11.1 Å². The van der Waals surface area contributed by atoms with E-state index in [0.29, 0.717) is 17.5 Å². The highest BCUT2D eigenvalue weighted by atomic mass is 16.7. The first kappa shape index (κ1) is 12.9. The first-order chi connectivity index (χ1) is 9.66. The van der Waals surface area contributed by atoms with Crippen molar-refractivity contribution in [1.82, 2.24) is 0 Å². The molecule has 0 aliphatic carbocycles. The number of carbonyl (C=O) groups is 1. The number of fused-ring (bicyclic) bond motifs is 1. The Labute approximate surface area is 117 Å². The van der Waals surface area contributed by atoms with E-state index in [2.05, 4.69) is 0 Å². The van der Waals surface area contributed by atoms with E-state index in [1.54, 1.807) is 18.2 Å². The summed E-state index contributed by atoms with van der Waals surface area (Å²) >= 11 is 0. The van der Waals surface area contributed by atoms with Crippen LogP contribution in [0.5, 0.6) is 0 Å². The fraction of sp³-hybridized carbons (Fsp3) is 0.235. The largest absolute Gasteiger partial charge is 0.424 e. The van der Waals surface area contributed by atoms with Crippen LogP contribution in [0.1, 0.15) is 40.7 Å². The van der Waals surface area contributed by atoms with E-state index in [1.165, 1.54) is 0 Å². The van der Waals surface area contributed by atoms with Gasteiger partial charge in [-0.3, -0.25) is 0 Å². The molecule has 0 saturated carbocycles. The highest BCUT2D eigenvalue weighted by molar-refractivity contribution is 5.94. The van der Waals surface area contributed by atoms with E-state index in [-0.39, 0.29) is 5.92 Å². The predicted molar refractivity (Wildman–Crippen MR) is 75.2 cm³/mol. The summed E-state index contributed by atoms with van der Waals surface area (Å²) in [5.41, 5.74) is 1.96. The molecule has 0 radical (unpaired) electrons. The van der Waals surface area contributed by atoms with Crippen LogP contribution in [0.4, 0.5) is 0 Å². The minimum Gasteiger partial charge on any atom is -0.424 e. The van der Waals surface area contributed by atoms with Crippen molar-refractivity contribution >= 4 is 5.97 Å². The first-order valence-electron chi connectivity index (χ1n) is 6.77. The molecule has 3 nitrogen and oxygen atoms in total. The maximum absolute atomic E-state index is 12.0. The van der Waals surface area contributed by atoms with Crippen LogP contribution in [-0.2, 0) is 10.5 Å². The van der Waals surface area contributed by atoms with Crippen LogP contribution in [0.2, 0.25) is 0 Å². The van der Waals surface area contributed by atoms with Gasteiger partial charge in [0.25, 0.3) is 0 Å². The van der Waals surface area contributed by atoms with Crippen molar-refractivity contribution in [3.05, 3.63) is 71.3 Å². The summed E-state index contributed by atoms with van der Waals surface area (Å²) in [5, 5.41) is 11.0. The smallest absolute Gasteiger partial charge is 0.341 e. The molecule has 20 heavy (non-hydrogen) atoms. The van der Waals surface area contributed by atoms with Crippen molar-refractivity contribution < 1.29 is 14.6 Å². The van der Waals surface area contributed by atoms with Crippen LogP contribution >= 0.6 is 0 Å². The Balaban J connectivity index is 2.11. The summed E-state index contributed by atoms with van der Waals surface area (Å²) in [6.45, 7) is 1.98. The highest BCUT2D eigenvalue weighted by Crippen LogP contribution is 2.45. The van der Waals surface area contributed by atoms with Crippen molar-refractivity contribution in [3.63, 3.8) is 0 Å². The van der Waals surface area contributed by atoms with Gasteiger partial charge in [-0.25, -0.2) is 4.79 Å². The predicted octanol–water partition coefficient (Wildman–Crippen LogP) is 3.20. The van der Waals surface area contributed by atoms with Gasteiger partial charge in [0, 0.05) is 5.56 Å². The maximum atomic E-state index is 12.0. The number of ether oxygens (including phenoxy) is 1. The summed E-state index contributed by atoms with van der Waals surface area (Å²) in [5.74, 6) is -2.32. The molecular weight excluding hydrogens is 252 g/mol. The lowest BCUT2D eigenvalue weighted by Gasteiger charge is -2.31. The van der Waals surface area contributed by atoms with Crippen molar-refractivity contribution in [2.45, 2.75) is 25.0 Å². The Hall–Kier alpha value is -2.13. The van der Waals surface area contributed by atoms with Gasteiger partial charge in [-0.15, -0.1) is 0 Å². The Bertz CT molecular complexity index is 636. The molecule has 0 spiro atoms. The maximum Gasteiger partial charge on any atom is 0.341 e. The molecule has 2 unspecified atom stereocenters. The second kappa shape index (κ2) is 4.76. The van der Waals surface area contributed by atoms with Gasteiger partial charge in [-0.1, -0.05) is 55.5 Å². The van der Waals surface area contributed by atoms with Gasteiger partial charge in [0.15, 0.2) is 0 Å². The molecule has 1 N–H and O–H groups in total. The molecule has 1 heterocycles. The van der Waals surface area contributed by atoms with Gasteiger partial charge in [0.2, 0.25) is 5.79 Å². The zero-order valence-corrected chi connectivity index (χ0v) is 11.2. The third-order valence-electron chi connectivity index (χ3n) is 3.86. The van der Waals surface area contributed by atoms with Crippen LogP contribution < -0.4 is 0 Å². The van der Waals surface area contributed by atoms with Crippen LogP contribution in [0.25, 0.3) is 0 Å². The van der Waals surface area contributed by atoms with Gasteiger partial charge < -0.3 is 9.84 Å². The molecule has 2 aromatic rings. The molecular formula is C17H16O3. The van der Waals surface area contributed by atoms with E-state index in [0.717, 1.165) is 5.56 Å². The van der Waals surface area contributed by atoms with E-state index in [1.807, 2.05) is 43.3 Å². The van der Waals surface area contributed by atoms with Crippen molar-refractivity contribution in [3.8, 4) is 0 Å². The second-order valence-corrected chi connectivity index (χ2v) is 5.00. The van der Waals surface area contributed by atoms with Gasteiger partial charge in [-0.2, -0.15) is 0 Å². The lowest BCUT2D eigenvalue weighted by atomic mass is 9.83. The van der Waals surface area contributed by atoms with E-state index < -0.39 is 11.8 Å². The average Bonchev–Trinajstić information content (AvgIpc) is 2.74. The van der Waals surface area contributed by atoms with E-state index in [4.69, 9.17) is 4.74 Å². The molecule has 102 valence electrons. The average molecular weight is 268 g/mol. The number of hydrogen-bond donors (Lipinski definition) is 1. The fourth-order valence-corrected chi connectivity index (χ4v) is 2.91. The summed E-state index contributed by atoms with van der Waals surface area (Å²) in [6.07, 6.45) is 0.669. The normalized spacial score (nSPS) is 22.2. The minimum atomic E-state index is -1.58. The third-order valence-corrected chi connectivity index (χ3v) is 3.86. The molecule has 0 aromatic heterocycles. The van der Waals surface area contributed by atoms with Gasteiger partial charge in [0.05, 0.1) is 11.5 Å². The Kier molecular flexibility index (Phi) is 3.07. The quantitative estimate of drug-likeness (QED) is 0.869. The second-order valence-electron chi connectivity index (χ2n) is 5.00.